The van der Waals surface area contributed by atoms with Gasteiger partial charge in [-0.1, -0.05) is 23.4 Å². The van der Waals surface area contributed by atoms with Crippen molar-refractivity contribution >= 4 is 17.6 Å². The maximum Gasteiger partial charge on any atom is 0.342 e. The van der Waals surface area contributed by atoms with E-state index < -0.39 is 12.1 Å². The Bertz CT molecular complexity index is 1100. The standard InChI is InChI=1S/C31H45N3O8/c1-4-37-21-39-27-18-24-17-26(33-41-20-29(35)34-15-7-6-8-16-34)14-10-13-25(32)12-9-11-23(3)42-31(36)30(24)28(19-27)40-22-38-5-2/h9-10,12,14,18-19,23,25H,4-8,11,13,15-17,20-22,32H2,1-3H3/b12-9+,14-10+,33-26-/t23-,25+/m1/s1. The number of amides is 1. The van der Waals surface area contributed by atoms with Crippen molar-refractivity contribution in [2.75, 3.05) is 46.5 Å². The minimum absolute atomic E-state index is 0.0223. The zero-order chi connectivity index (χ0) is 30.2. The fourth-order valence-electron chi connectivity index (χ4n) is 4.49. The maximum absolute atomic E-state index is 13.6. The number of carbonyl (C=O) groups excluding carboxylic acids is 2. The first-order chi connectivity index (χ1) is 20.4. The fourth-order valence-corrected chi connectivity index (χ4v) is 4.49. The molecule has 1 fully saturated rings. The van der Waals surface area contributed by atoms with E-state index in [1.807, 2.05) is 39.0 Å². The number of benzene rings is 1. The zero-order valence-corrected chi connectivity index (χ0v) is 25.0. The van der Waals surface area contributed by atoms with Gasteiger partial charge in [-0.25, -0.2) is 4.79 Å². The number of hydrogen-bond acceptors (Lipinski definition) is 10. The molecule has 232 valence electrons. The van der Waals surface area contributed by atoms with Crippen LogP contribution in [0.15, 0.2) is 41.6 Å². The number of cyclic esters (lactones) is 1. The van der Waals surface area contributed by atoms with Gasteiger partial charge in [0, 0.05) is 51.3 Å². The molecule has 0 aromatic heterocycles. The minimum Gasteiger partial charge on any atom is -0.467 e. The van der Waals surface area contributed by atoms with Crippen LogP contribution in [-0.2, 0) is 30.3 Å². The van der Waals surface area contributed by atoms with Crippen LogP contribution in [0.1, 0.15) is 68.8 Å². The van der Waals surface area contributed by atoms with Crippen LogP contribution in [0.2, 0.25) is 0 Å². The zero-order valence-electron chi connectivity index (χ0n) is 25.0. The van der Waals surface area contributed by atoms with Crippen molar-refractivity contribution in [3.05, 3.63) is 47.6 Å². The maximum atomic E-state index is 13.6. The van der Waals surface area contributed by atoms with E-state index in [0.717, 1.165) is 32.4 Å². The van der Waals surface area contributed by atoms with Crippen molar-refractivity contribution in [3.8, 4) is 11.5 Å². The van der Waals surface area contributed by atoms with Crippen LogP contribution in [0, 0.1) is 0 Å². The third-order valence-electron chi connectivity index (χ3n) is 6.70. The molecule has 0 bridgehead atoms. The SMILES string of the molecule is CCOCOc1cc2c(c(OCOCC)c1)C(=O)O[C@H](C)C/C=C/[C@H](N)C/C=C/C(=N/OCC(=O)N1CCCCC1)C2. The van der Waals surface area contributed by atoms with Crippen molar-refractivity contribution < 1.29 is 38.1 Å². The first-order valence-electron chi connectivity index (χ1n) is 14.8. The molecule has 11 nitrogen and oxygen atoms in total. The summed E-state index contributed by atoms with van der Waals surface area (Å²) in [6.07, 6.45) is 11.4. The molecule has 0 aliphatic carbocycles. The molecule has 0 spiro atoms. The molecule has 11 heteroatoms. The Morgan fingerprint density at radius 2 is 1.79 bits per heavy atom. The first-order valence-corrected chi connectivity index (χ1v) is 14.8. The molecule has 0 radical (unpaired) electrons. The van der Waals surface area contributed by atoms with E-state index in [9.17, 15) is 9.59 Å². The average Bonchev–Trinajstić information content (AvgIpc) is 2.97. The summed E-state index contributed by atoms with van der Waals surface area (Å²) in [5, 5.41) is 4.30. The van der Waals surface area contributed by atoms with Gasteiger partial charge in [0.2, 0.25) is 0 Å². The van der Waals surface area contributed by atoms with Gasteiger partial charge in [0.15, 0.2) is 20.2 Å². The fraction of sp³-hybridized carbons (Fsp3) is 0.581. The number of fused-ring (bicyclic) bond motifs is 1. The molecule has 2 aliphatic rings. The number of nitrogens with two attached hydrogens (primary N) is 1. The summed E-state index contributed by atoms with van der Waals surface area (Å²) in [5.41, 5.74) is 7.49. The number of oxime groups is 1. The van der Waals surface area contributed by atoms with E-state index in [4.69, 9.17) is 34.3 Å². The molecule has 2 atom stereocenters. The van der Waals surface area contributed by atoms with Gasteiger partial charge >= 0.3 is 5.97 Å². The Balaban J connectivity index is 1.98. The van der Waals surface area contributed by atoms with Gasteiger partial charge in [0.25, 0.3) is 5.91 Å². The van der Waals surface area contributed by atoms with Crippen molar-refractivity contribution in [2.24, 2.45) is 10.9 Å². The molecular weight excluding hydrogens is 542 g/mol. The van der Waals surface area contributed by atoms with E-state index in [2.05, 4.69) is 5.16 Å². The smallest absolute Gasteiger partial charge is 0.342 e. The van der Waals surface area contributed by atoms with Gasteiger partial charge < -0.3 is 39.2 Å². The minimum atomic E-state index is -0.556. The van der Waals surface area contributed by atoms with Gasteiger partial charge in [-0.3, -0.25) is 4.79 Å². The first kappa shape index (κ1) is 33.1. The van der Waals surface area contributed by atoms with Crippen LogP contribution in [0.5, 0.6) is 11.5 Å². The lowest BCUT2D eigenvalue weighted by atomic mass is 9.99. The van der Waals surface area contributed by atoms with Crippen LogP contribution in [0.3, 0.4) is 0 Å². The summed E-state index contributed by atoms with van der Waals surface area (Å²) in [4.78, 5) is 33.6. The lowest BCUT2D eigenvalue weighted by Crippen LogP contribution is -2.37. The number of allylic oxidation sites excluding steroid dienone is 1. The van der Waals surface area contributed by atoms with E-state index in [1.165, 1.54) is 0 Å². The molecule has 3 rings (SSSR count). The van der Waals surface area contributed by atoms with Crippen LogP contribution in [0.4, 0.5) is 0 Å². The summed E-state index contributed by atoms with van der Waals surface area (Å²) in [7, 11) is 0. The summed E-state index contributed by atoms with van der Waals surface area (Å²) in [6, 6.07) is 3.12. The topological polar surface area (TPSA) is 131 Å². The number of piperidine rings is 1. The lowest BCUT2D eigenvalue weighted by molar-refractivity contribution is -0.137. The summed E-state index contributed by atoms with van der Waals surface area (Å²) in [6.45, 7) is 7.70. The van der Waals surface area contributed by atoms with Crippen LogP contribution in [-0.4, -0.2) is 81.1 Å². The Labute approximate surface area is 248 Å². The predicted molar refractivity (Wildman–Crippen MR) is 159 cm³/mol. The number of likely N-dealkylation sites (tertiary alicyclic amines) is 1. The molecular formula is C31H45N3O8. The molecule has 2 heterocycles. The van der Waals surface area contributed by atoms with Crippen molar-refractivity contribution in [1.82, 2.24) is 4.90 Å². The number of nitrogens with zero attached hydrogens (tertiary/aromatic N) is 2. The Morgan fingerprint density at radius 1 is 1.05 bits per heavy atom. The molecule has 1 aromatic rings. The van der Waals surface area contributed by atoms with Gasteiger partial charge in [-0.2, -0.15) is 0 Å². The highest BCUT2D eigenvalue weighted by Gasteiger charge is 2.24. The number of hydrogen-bond donors (Lipinski definition) is 1. The second kappa shape index (κ2) is 18.2. The predicted octanol–water partition coefficient (Wildman–Crippen LogP) is 4.14. The summed E-state index contributed by atoms with van der Waals surface area (Å²) >= 11 is 0. The highest BCUT2D eigenvalue weighted by atomic mass is 16.7. The van der Waals surface area contributed by atoms with Crippen LogP contribution in [0.25, 0.3) is 0 Å². The number of ether oxygens (including phenoxy) is 5. The molecule has 1 amide bonds. The Kier molecular flexibility index (Phi) is 14.3. The van der Waals surface area contributed by atoms with Gasteiger partial charge in [-0.15, -0.1) is 0 Å². The second-order valence-corrected chi connectivity index (χ2v) is 10.1. The summed E-state index contributed by atoms with van der Waals surface area (Å²) < 4.78 is 28.2. The number of esters is 1. The van der Waals surface area contributed by atoms with Gasteiger partial charge in [0.1, 0.15) is 23.2 Å². The van der Waals surface area contributed by atoms with Crippen molar-refractivity contribution in [3.63, 3.8) is 0 Å². The van der Waals surface area contributed by atoms with E-state index >= 15 is 0 Å². The van der Waals surface area contributed by atoms with Crippen molar-refractivity contribution in [2.45, 2.75) is 71.4 Å². The quantitative estimate of drug-likeness (QED) is 0.133. The normalized spacial score (nSPS) is 22.4. The average molecular weight is 588 g/mol. The highest BCUT2D eigenvalue weighted by Crippen LogP contribution is 2.32. The van der Waals surface area contributed by atoms with Gasteiger partial charge in [-0.05, 0) is 64.2 Å². The molecule has 0 saturated carbocycles. The Hall–Kier alpha value is -3.41. The molecule has 1 saturated heterocycles. The molecule has 0 unspecified atom stereocenters. The molecule has 1 aromatic carbocycles. The number of rotatable bonds is 11. The Morgan fingerprint density at radius 3 is 2.52 bits per heavy atom. The van der Waals surface area contributed by atoms with Crippen LogP contribution >= 0.6 is 0 Å². The van der Waals surface area contributed by atoms with Crippen molar-refractivity contribution in [1.29, 1.82) is 0 Å². The third-order valence-corrected chi connectivity index (χ3v) is 6.70. The third kappa shape index (κ3) is 11.1. The molecule has 2 N–H and O–H groups in total. The lowest BCUT2D eigenvalue weighted by Gasteiger charge is -2.26. The second-order valence-electron chi connectivity index (χ2n) is 10.1. The van der Waals surface area contributed by atoms with E-state index in [0.29, 0.717) is 43.1 Å². The van der Waals surface area contributed by atoms with E-state index in [-0.39, 0.29) is 49.9 Å². The molecule has 42 heavy (non-hydrogen) atoms. The van der Waals surface area contributed by atoms with Crippen LogP contribution < -0.4 is 15.2 Å². The summed E-state index contributed by atoms with van der Waals surface area (Å²) in [5.74, 6) is 0.0240. The number of carbonyl (C=O) groups is 2. The van der Waals surface area contributed by atoms with E-state index in [1.54, 1.807) is 23.1 Å². The monoisotopic (exact) mass is 587 g/mol. The highest BCUT2D eigenvalue weighted by molar-refractivity contribution is 6.00. The molecule has 2 aliphatic heterocycles. The van der Waals surface area contributed by atoms with Gasteiger partial charge in [0.05, 0.1) is 5.71 Å². The largest absolute Gasteiger partial charge is 0.467 e.